The van der Waals surface area contributed by atoms with E-state index in [1.807, 2.05) is 0 Å². The van der Waals surface area contributed by atoms with E-state index in [2.05, 4.69) is 30.6 Å². The zero-order chi connectivity index (χ0) is 9.68. The minimum Gasteiger partial charge on any atom is -0.390 e. The fraction of sp³-hybridized carbons (Fsp3) is 0.600. The zero-order valence-electron chi connectivity index (χ0n) is 8.29. The molecule has 1 rings (SSSR count). The van der Waals surface area contributed by atoms with Crippen LogP contribution < -0.4 is 5.32 Å². The molecule has 0 saturated carbocycles. The molecule has 0 unspecified atom stereocenters. The molecule has 0 aliphatic carbocycles. The van der Waals surface area contributed by atoms with E-state index < -0.39 is 0 Å². The Balaban J connectivity index is 2.38. The average molecular weight is 200 g/mol. The van der Waals surface area contributed by atoms with Crippen molar-refractivity contribution in [2.75, 3.05) is 6.61 Å². The summed E-state index contributed by atoms with van der Waals surface area (Å²) in [4.78, 5) is 1.42. The number of hydrogen-bond acceptors (Lipinski definition) is 2. The highest BCUT2D eigenvalue weighted by molar-refractivity contribution is 7.10. The molecule has 74 valence electrons. The second kappa shape index (κ2) is 5.37. The lowest BCUT2D eigenvalue weighted by atomic mass is 10.2. The fourth-order valence-corrected chi connectivity index (χ4v) is 2.14. The lowest BCUT2D eigenvalue weighted by Crippen LogP contribution is -2.89. The Morgan fingerprint density at radius 1 is 1.62 bits per heavy atom. The summed E-state index contributed by atoms with van der Waals surface area (Å²) in [6, 6.07) is 2.51. The predicted molar refractivity (Wildman–Crippen MR) is 55.9 cm³/mol. The number of thiophene rings is 1. The molecule has 0 radical (unpaired) electrons. The Bertz CT molecular complexity index is 243. The van der Waals surface area contributed by atoms with Gasteiger partial charge in [0.25, 0.3) is 0 Å². The molecule has 0 aliphatic heterocycles. The smallest absolute Gasteiger partial charge is 0.111 e. The van der Waals surface area contributed by atoms with Gasteiger partial charge >= 0.3 is 0 Å². The fourth-order valence-electron chi connectivity index (χ4n) is 1.26. The van der Waals surface area contributed by atoms with Crippen LogP contribution in [0.25, 0.3) is 0 Å². The number of rotatable bonds is 5. The molecule has 0 spiro atoms. The van der Waals surface area contributed by atoms with Crippen molar-refractivity contribution in [3.8, 4) is 0 Å². The van der Waals surface area contributed by atoms with Gasteiger partial charge in [0, 0.05) is 0 Å². The molecule has 0 aliphatic rings. The van der Waals surface area contributed by atoms with E-state index in [9.17, 15) is 0 Å². The van der Waals surface area contributed by atoms with Crippen LogP contribution in [0.2, 0.25) is 0 Å². The highest BCUT2D eigenvalue weighted by atomic mass is 32.1. The van der Waals surface area contributed by atoms with E-state index in [1.165, 1.54) is 10.4 Å². The van der Waals surface area contributed by atoms with Gasteiger partial charge in [0.05, 0.1) is 11.5 Å². The Morgan fingerprint density at radius 2 is 2.38 bits per heavy atom. The number of aliphatic hydroxyl groups is 1. The molecule has 0 amide bonds. The highest BCUT2D eigenvalue weighted by Gasteiger charge is 2.08. The van der Waals surface area contributed by atoms with Crippen LogP contribution >= 0.6 is 11.3 Å². The molecule has 2 nitrogen and oxygen atoms in total. The Labute approximate surface area is 83.6 Å². The van der Waals surface area contributed by atoms with Gasteiger partial charge in [-0.1, -0.05) is 6.92 Å². The number of hydrogen-bond donors (Lipinski definition) is 2. The van der Waals surface area contributed by atoms with E-state index in [-0.39, 0.29) is 6.61 Å². The lowest BCUT2D eigenvalue weighted by molar-refractivity contribution is -0.705. The van der Waals surface area contributed by atoms with Crippen molar-refractivity contribution in [3.63, 3.8) is 0 Å². The standard InChI is InChI=1S/C10H17NOS/c1-3-9(7-12)11-6-10-8(2)4-5-13-10/h4-5,9,11-12H,3,6-7H2,1-2H3/p+1/t9-/m1/s1. The molecule has 3 heteroatoms. The first-order valence-electron chi connectivity index (χ1n) is 4.75. The first-order valence-corrected chi connectivity index (χ1v) is 5.63. The van der Waals surface area contributed by atoms with Crippen molar-refractivity contribution in [3.05, 3.63) is 21.9 Å². The molecule has 1 atom stereocenters. The van der Waals surface area contributed by atoms with Crippen LogP contribution in [0.15, 0.2) is 11.4 Å². The molecule has 3 N–H and O–H groups in total. The summed E-state index contributed by atoms with van der Waals surface area (Å²) < 4.78 is 0. The molecule has 0 bridgehead atoms. The maximum absolute atomic E-state index is 9.00. The third-order valence-electron chi connectivity index (χ3n) is 2.36. The normalized spacial score (nSPS) is 13.2. The summed E-state index contributed by atoms with van der Waals surface area (Å²) in [5.41, 5.74) is 1.37. The summed E-state index contributed by atoms with van der Waals surface area (Å²) in [5, 5.41) is 13.3. The summed E-state index contributed by atoms with van der Waals surface area (Å²) >= 11 is 1.80. The van der Waals surface area contributed by atoms with Crippen molar-refractivity contribution >= 4 is 11.3 Å². The molecule has 0 aromatic carbocycles. The third kappa shape index (κ3) is 3.10. The van der Waals surface area contributed by atoms with Gasteiger partial charge in [0.15, 0.2) is 0 Å². The van der Waals surface area contributed by atoms with Crippen molar-refractivity contribution < 1.29 is 10.4 Å². The first-order chi connectivity index (χ1) is 6.27. The summed E-state index contributed by atoms with van der Waals surface area (Å²) in [5.74, 6) is 0. The largest absolute Gasteiger partial charge is 0.390 e. The zero-order valence-corrected chi connectivity index (χ0v) is 9.10. The number of nitrogens with two attached hydrogens (primary N) is 1. The summed E-state index contributed by atoms with van der Waals surface area (Å²) in [6.07, 6.45) is 1.03. The van der Waals surface area contributed by atoms with Crippen molar-refractivity contribution in [2.24, 2.45) is 0 Å². The third-order valence-corrected chi connectivity index (χ3v) is 3.41. The van der Waals surface area contributed by atoms with Gasteiger partial charge in [-0.25, -0.2) is 0 Å². The van der Waals surface area contributed by atoms with E-state index in [4.69, 9.17) is 5.11 Å². The molecule has 0 fully saturated rings. The molecule has 0 saturated heterocycles. The van der Waals surface area contributed by atoms with Crippen molar-refractivity contribution in [1.29, 1.82) is 0 Å². The van der Waals surface area contributed by atoms with Crippen LogP contribution in [-0.2, 0) is 6.54 Å². The molecule has 13 heavy (non-hydrogen) atoms. The Kier molecular flexibility index (Phi) is 4.42. The van der Waals surface area contributed by atoms with Crippen LogP contribution in [0.5, 0.6) is 0 Å². The van der Waals surface area contributed by atoms with Crippen molar-refractivity contribution in [1.82, 2.24) is 0 Å². The Hall–Kier alpha value is -0.380. The number of aryl methyl sites for hydroxylation is 1. The highest BCUT2D eigenvalue weighted by Crippen LogP contribution is 2.13. The molecule has 1 heterocycles. The average Bonchev–Trinajstić information content (AvgIpc) is 2.54. The second-order valence-electron chi connectivity index (χ2n) is 3.32. The van der Waals surface area contributed by atoms with Crippen LogP contribution in [0, 0.1) is 6.92 Å². The van der Waals surface area contributed by atoms with E-state index >= 15 is 0 Å². The van der Waals surface area contributed by atoms with E-state index in [1.54, 1.807) is 11.3 Å². The summed E-state index contributed by atoms with van der Waals surface area (Å²) in [6.45, 7) is 5.53. The quantitative estimate of drug-likeness (QED) is 0.728. The van der Waals surface area contributed by atoms with Gasteiger partial charge in [-0.3, -0.25) is 0 Å². The maximum Gasteiger partial charge on any atom is 0.111 e. The summed E-state index contributed by atoms with van der Waals surface area (Å²) in [7, 11) is 0. The molecule has 1 aromatic rings. The topological polar surface area (TPSA) is 36.8 Å². The van der Waals surface area contributed by atoms with Crippen LogP contribution in [0.3, 0.4) is 0 Å². The first kappa shape index (κ1) is 10.7. The minimum absolute atomic E-state index is 0.279. The molecular weight excluding hydrogens is 182 g/mol. The van der Waals surface area contributed by atoms with Gasteiger partial charge in [-0.05, 0) is 30.4 Å². The number of aliphatic hydroxyl groups excluding tert-OH is 1. The number of quaternary nitrogens is 1. The van der Waals surface area contributed by atoms with Crippen molar-refractivity contribution in [2.45, 2.75) is 32.9 Å². The van der Waals surface area contributed by atoms with E-state index in [0.717, 1.165) is 13.0 Å². The van der Waals surface area contributed by atoms with Gasteiger partial charge in [0.2, 0.25) is 0 Å². The maximum atomic E-state index is 9.00. The van der Waals surface area contributed by atoms with Gasteiger partial charge in [-0.2, -0.15) is 0 Å². The van der Waals surface area contributed by atoms with Crippen LogP contribution in [0.1, 0.15) is 23.8 Å². The van der Waals surface area contributed by atoms with Gasteiger partial charge < -0.3 is 10.4 Å². The van der Waals surface area contributed by atoms with Gasteiger partial charge in [-0.15, -0.1) is 11.3 Å². The predicted octanol–water partition coefficient (Wildman–Crippen LogP) is 0.891. The van der Waals surface area contributed by atoms with Crippen LogP contribution in [0.4, 0.5) is 0 Å². The van der Waals surface area contributed by atoms with E-state index in [0.29, 0.717) is 6.04 Å². The van der Waals surface area contributed by atoms with Crippen LogP contribution in [-0.4, -0.2) is 17.8 Å². The second-order valence-corrected chi connectivity index (χ2v) is 4.32. The molecular formula is C10H18NOS+. The lowest BCUT2D eigenvalue weighted by Gasteiger charge is -2.09. The minimum atomic E-state index is 0.279. The van der Waals surface area contributed by atoms with Gasteiger partial charge in [0.1, 0.15) is 12.6 Å². The SMILES string of the molecule is CC[C@H](CO)[NH2+]Cc1sccc1C. The monoisotopic (exact) mass is 200 g/mol. The Morgan fingerprint density at radius 3 is 2.85 bits per heavy atom. The molecule has 1 aromatic heterocycles.